The summed E-state index contributed by atoms with van der Waals surface area (Å²) in [6, 6.07) is 5.36. The standard InChI is InChI=1S/C19H27FN4O3/c20-14-4-1-5-15(9-14)23-19(26)22-11-13-3-2-8-24(12-13)18(25)17-7-6-16(10-21)27-17/h1,4-5,9,13,16-17H,2-3,6-8,10-12,21H2,(H2,22,23,26)/t13?,16-,17+/m1/s1. The number of nitrogens with one attached hydrogen (secondary N) is 2. The van der Waals surface area contributed by atoms with Crippen molar-refractivity contribution in [3.63, 3.8) is 0 Å². The fourth-order valence-electron chi connectivity index (χ4n) is 3.67. The van der Waals surface area contributed by atoms with E-state index >= 15 is 0 Å². The number of carbonyl (C=O) groups is 2. The van der Waals surface area contributed by atoms with Crippen molar-refractivity contribution in [3.05, 3.63) is 30.1 Å². The van der Waals surface area contributed by atoms with E-state index in [1.54, 1.807) is 6.07 Å². The number of ether oxygens (including phenoxy) is 1. The Hall–Kier alpha value is -2.19. The van der Waals surface area contributed by atoms with Crippen LogP contribution in [-0.2, 0) is 9.53 Å². The molecule has 3 atom stereocenters. The predicted molar refractivity (Wildman–Crippen MR) is 99.7 cm³/mol. The normalized spacial score (nSPS) is 25.3. The van der Waals surface area contributed by atoms with E-state index in [0.717, 1.165) is 32.2 Å². The van der Waals surface area contributed by atoms with Crippen molar-refractivity contribution in [1.82, 2.24) is 10.2 Å². The number of nitrogens with zero attached hydrogens (tertiary/aromatic N) is 1. The first-order valence-electron chi connectivity index (χ1n) is 9.50. The van der Waals surface area contributed by atoms with Crippen LogP contribution in [0.1, 0.15) is 25.7 Å². The Morgan fingerprint density at radius 3 is 2.89 bits per heavy atom. The molecule has 2 fully saturated rings. The summed E-state index contributed by atoms with van der Waals surface area (Å²) in [4.78, 5) is 26.5. The molecular weight excluding hydrogens is 351 g/mol. The minimum Gasteiger partial charge on any atom is -0.364 e. The van der Waals surface area contributed by atoms with Crippen LogP contribution in [0.4, 0.5) is 14.9 Å². The first-order valence-corrected chi connectivity index (χ1v) is 9.50. The molecule has 2 saturated heterocycles. The molecule has 0 bridgehead atoms. The second-order valence-corrected chi connectivity index (χ2v) is 7.20. The molecule has 1 aromatic carbocycles. The van der Waals surface area contributed by atoms with Crippen molar-refractivity contribution in [1.29, 1.82) is 0 Å². The zero-order valence-corrected chi connectivity index (χ0v) is 15.3. The van der Waals surface area contributed by atoms with Gasteiger partial charge in [-0.1, -0.05) is 6.07 Å². The van der Waals surface area contributed by atoms with Crippen LogP contribution in [0.25, 0.3) is 0 Å². The molecule has 3 rings (SSSR count). The van der Waals surface area contributed by atoms with E-state index in [2.05, 4.69) is 10.6 Å². The molecule has 148 valence electrons. The maximum Gasteiger partial charge on any atom is 0.319 e. The second kappa shape index (κ2) is 9.14. The van der Waals surface area contributed by atoms with E-state index in [4.69, 9.17) is 10.5 Å². The third-order valence-corrected chi connectivity index (χ3v) is 5.11. The molecule has 1 aromatic rings. The smallest absolute Gasteiger partial charge is 0.319 e. The fraction of sp³-hybridized carbons (Fsp3) is 0.579. The number of benzene rings is 1. The molecule has 3 amide bonds. The lowest BCUT2D eigenvalue weighted by Crippen LogP contribution is -2.47. The topological polar surface area (TPSA) is 96.7 Å². The van der Waals surface area contributed by atoms with Crippen LogP contribution in [0.15, 0.2) is 24.3 Å². The molecule has 8 heteroatoms. The molecule has 0 aromatic heterocycles. The van der Waals surface area contributed by atoms with Gasteiger partial charge in [0.25, 0.3) is 5.91 Å². The van der Waals surface area contributed by atoms with Crippen molar-refractivity contribution in [3.8, 4) is 0 Å². The van der Waals surface area contributed by atoms with Crippen molar-refractivity contribution < 1.29 is 18.7 Å². The molecule has 2 heterocycles. The highest BCUT2D eigenvalue weighted by Crippen LogP contribution is 2.23. The minimum absolute atomic E-state index is 0.0206. The van der Waals surface area contributed by atoms with Gasteiger partial charge < -0.3 is 26.0 Å². The molecule has 4 N–H and O–H groups in total. The van der Waals surface area contributed by atoms with E-state index in [1.807, 2.05) is 4.90 Å². The highest BCUT2D eigenvalue weighted by molar-refractivity contribution is 5.89. The zero-order chi connectivity index (χ0) is 19.2. The summed E-state index contributed by atoms with van der Waals surface area (Å²) in [6.07, 6.45) is 2.98. The van der Waals surface area contributed by atoms with E-state index in [-0.39, 0.29) is 30.1 Å². The first kappa shape index (κ1) is 19.6. The molecule has 2 aliphatic rings. The van der Waals surface area contributed by atoms with Crippen molar-refractivity contribution in [2.75, 3.05) is 31.5 Å². The van der Waals surface area contributed by atoms with Gasteiger partial charge in [-0.2, -0.15) is 0 Å². The number of rotatable bonds is 5. The maximum atomic E-state index is 13.2. The molecule has 0 saturated carbocycles. The van der Waals surface area contributed by atoms with Crippen molar-refractivity contribution in [2.24, 2.45) is 11.7 Å². The number of hydrogen-bond donors (Lipinski definition) is 3. The summed E-state index contributed by atoms with van der Waals surface area (Å²) in [6.45, 7) is 2.23. The number of nitrogens with two attached hydrogens (primary N) is 1. The molecular formula is C19H27FN4O3. The average molecular weight is 378 g/mol. The van der Waals surface area contributed by atoms with Crippen LogP contribution in [-0.4, -0.2) is 55.2 Å². The number of urea groups is 1. The number of piperidine rings is 1. The highest BCUT2D eigenvalue weighted by atomic mass is 19.1. The first-order chi connectivity index (χ1) is 13.0. The maximum absolute atomic E-state index is 13.2. The molecule has 0 aliphatic carbocycles. The lowest BCUT2D eigenvalue weighted by atomic mass is 9.97. The summed E-state index contributed by atoms with van der Waals surface area (Å²) in [7, 11) is 0. The monoisotopic (exact) mass is 378 g/mol. The van der Waals surface area contributed by atoms with Gasteiger partial charge in [0.1, 0.15) is 11.9 Å². The quantitative estimate of drug-likeness (QED) is 0.726. The summed E-state index contributed by atoms with van der Waals surface area (Å²) < 4.78 is 18.9. The lowest BCUT2D eigenvalue weighted by Gasteiger charge is -2.34. The van der Waals surface area contributed by atoms with Crippen LogP contribution < -0.4 is 16.4 Å². The van der Waals surface area contributed by atoms with Gasteiger partial charge in [-0.15, -0.1) is 0 Å². The molecule has 1 unspecified atom stereocenters. The molecule has 27 heavy (non-hydrogen) atoms. The van der Waals surface area contributed by atoms with Gasteiger partial charge in [-0.3, -0.25) is 4.79 Å². The van der Waals surface area contributed by atoms with E-state index in [1.165, 1.54) is 18.2 Å². The van der Waals surface area contributed by atoms with E-state index in [0.29, 0.717) is 25.3 Å². The van der Waals surface area contributed by atoms with Crippen LogP contribution in [0.3, 0.4) is 0 Å². The number of likely N-dealkylation sites (tertiary alicyclic amines) is 1. The van der Waals surface area contributed by atoms with E-state index in [9.17, 15) is 14.0 Å². The molecule has 0 spiro atoms. The Bertz CT molecular complexity index is 672. The predicted octanol–water partition coefficient (Wildman–Crippen LogP) is 1.69. The van der Waals surface area contributed by atoms with Crippen LogP contribution in [0, 0.1) is 11.7 Å². The largest absolute Gasteiger partial charge is 0.364 e. The Balaban J connectivity index is 1.44. The number of carbonyl (C=O) groups excluding carboxylic acids is 2. The van der Waals surface area contributed by atoms with Gasteiger partial charge in [0.05, 0.1) is 6.10 Å². The zero-order valence-electron chi connectivity index (χ0n) is 15.3. The third kappa shape index (κ3) is 5.40. The molecule has 0 radical (unpaired) electrons. The highest BCUT2D eigenvalue weighted by Gasteiger charge is 2.34. The van der Waals surface area contributed by atoms with Crippen LogP contribution in [0.2, 0.25) is 0 Å². The molecule has 7 nitrogen and oxygen atoms in total. The Morgan fingerprint density at radius 2 is 2.15 bits per heavy atom. The van der Waals surface area contributed by atoms with Crippen LogP contribution in [0.5, 0.6) is 0 Å². The summed E-state index contributed by atoms with van der Waals surface area (Å²) in [5.74, 6) is -0.187. The fourth-order valence-corrected chi connectivity index (χ4v) is 3.67. The van der Waals surface area contributed by atoms with Gasteiger partial charge in [-0.25, -0.2) is 9.18 Å². The number of amides is 3. The van der Waals surface area contributed by atoms with Gasteiger partial charge >= 0.3 is 6.03 Å². The number of anilines is 1. The Labute approximate surface area is 158 Å². The van der Waals surface area contributed by atoms with Gasteiger partial charge in [0.15, 0.2) is 0 Å². The van der Waals surface area contributed by atoms with Gasteiger partial charge in [0, 0.05) is 31.9 Å². The Kier molecular flexibility index (Phi) is 6.63. The lowest BCUT2D eigenvalue weighted by molar-refractivity contribution is -0.144. The summed E-state index contributed by atoms with van der Waals surface area (Å²) in [5, 5.41) is 5.42. The second-order valence-electron chi connectivity index (χ2n) is 7.20. The van der Waals surface area contributed by atoms with Gasteiger partial charge in [0.2, 0.25) is 0 Å². The average Bonchev–Trinajstić information content (AvgIpc) is 3.15. The Morgan fingerprint density at radius 1 is 1.30 bits per heavy atom. The minimum atomic E-state index is -0.403. The van der Waals surface area contributed by atoms with Crippen LogP contribution >= 0.6 is 0 Å². The van der Waals surface area contributed by atoms with Crippen molar-refractivity contribution in [2.45, 2.75) is 37.9 Å². The molecule has 2 aliphatic heterocycles. The SMILES string of the molecule is NC[C@H]1CC[C@@H](C(=O)N2CCCC(CNC(=O)Nc3cccc(F)c3)C2)O1. The third-order valence-electron chi connectivity index (χ3n) is 5.11. The van der Waals surface area contributed by atoms with E-state index < -0.39 is 5.82 Å². The van der Waals surface area contributed by atoms with Gasteiger partial charge in [-0.05, 0) is 49.8 Å². The summed E-state index contributed by atoms with van der Waals surface area (Å²) in [5.41, 5.74) is 6.01. The number of halogens is 1. The van der Waals surface area contributed by atoms with Crippen molar-refractivity contribution >= 4 is 17.6 Å². The number of hydrogen-bond acceptors (Lipinski definition) is 4. The summed E-state index contributed by atoms with van der Waals surface area (Å²) >= 11 is 0.